The van der Waals surface area contributed by atoms with Crippen LogP contribution in [-0.2, 0) is 16.2 Å². The highest BCUT2D eigenvalue weighted by Gasteiger charge is 2.31. The normalized spacial score (nSPS) is 16.4. The van der Waals surface area contributed by atoms with Crippen LogP contribution in [0.2, 0.25) is 0 Å². The molecule has 0 saturated heterocycles. The second-order valence-electron chi connectivity index (χ2n) is 6.23. The Bertz CT molecular complexity index is 932. The number of hydrogen-bond acceptors (Lipinski definition) is 2. The largest absolute Gasteiger partial charge is 0.416 e. The number of alkyl halides is 3. The average molecular weight is 381 g/mol. The van der Waals surface area contributed by atoms with E-state index in [0.29, 0.717) is 12.0 Å². The Morgan fingerprint density at radius 3 is 2.31 bits per heavy atom. The van der Waals surface area contributed by atoms with E-state index in [-0.39, 0.29) is 18.0 Å². The van der Waals surface area contributed by atoms with Gasteiger partial charge >= 0.3 is 6.18 Å². The van der Waals surface area contributed by atoms with Crippen molar-refractivity contribution in [1.82, 2.24) is 4.31 Å². The van der Waals surface area contributed by atoms with Gasteiger partial charge in [0, 0.05) is 13.1 Å². The summed E-state index contributed by atoms with van der Waals surface area (Å²) in [7, 11) is -3.61. The minimum absolute atomic E-state index is 0.141. The van der Waals surface area contributed by atoms with Crippen molar-refractivity contribution in [2.75, 3.05) is 13.1 Å². The molecule has 0 amide bonds. The smallest absolute Gasteiger partial charge is 0.207 e. The highest BCUT2D eigenvalue weighted by Crippen LogP contribution is 2.32. The molecule has 1 aliphatic heterocycles. The van der Waals surface area contributed by atoms with Crippen LogP contribution in [0, 0.1) is 6.92 Å². The summed E-state index contributed by atoms with van der Waals surface area (Å²) in [4.78, 5) is 0.221. The molecular weight excluding hydrogens is 363 g/mol. The Morgan fingerprint density at radius 1 is 1.04 bits per heavy atom. The zero-order chi connectivity index (χ0) is 18.9. The monoisotopic (exact) mass is 381 g/mol. The van der Waals surface area contributed by atoms with Crippen molar-refractivity contribution in [3.05, 3.63) is 71.3 Å². The van der Waals surface area contributed by atoms with Crippen LogP contribution in [0.3, 0.4) is 0 Å². The van der Waals surface area contributed by atoms with Gasteiger partial charge in [0.15, 0.2) is 0 Å². The number of aryl methyl sites for hydroxylation is 1. The van der Waals surface area contributed by atoms with Gasteiger partial charge in [0.25, 0.3) is 0 Å². The van der Waals surface area contributed by atoms with E-state index >= 15 is 0 Å². The maximum Gasteiger partial charge on any atom is 0.416 e. The lowest BCUT2D eigenvalue weighted by atomic mass is 9.98. The van der Waals surface area contributed by atoms with Crippen molar-refractivity contribution in [3.63, 3.8) is 0 Å². The van der Waals surface area contributed by atoms with E-state index in [1.165, 1.54) is 10.4 Å². The molecule has 0 atom stereocenters. The van der Waals surface area contributed by atoms with Gasteiger partial charge in [-0.2, -0.15) is 17.5 Å². The summed E-state index contributed by atoms with van der Waals surface area (Å²) < 4.78 is 65.3. The molecule has 0 radical (unpaired) electrons. The molecular formula is C19H18F3NO2S. The Kier molecular flexibility index (Phi) is 4.94. The van der Waals surface area contributed by atoms with E-state index in [4.69, 9.17) is 0 Å². The molecule has 1 aliphatic rings. The molecule has 2 aromatic rings. The van der Waals surface area contributed by atoms with Crippen LogP contribution in [0.15, 0.2) is 59.5 Å². The summed E-state index contributed by atoms with van der Waals surface area (Å²) in [6.45, 7) is 2.25. The molecule has 7 heteroatoms. The van der Waals surface area contributed by atoms with Crippen LogP contribution in [0.5, 0.6) is 0 Å². The second kappa shape index (κ2) is 6.89. The van der Waals surface area contributed by atoms with Gasteiger partial charge in [-0.25, -0.2) is 8.42 Å². The van der Waals surface area contributed by atoms with E-state index < -0.39 is 21.8 Å². The second-order valence-corrected chi connectivity index (χ2v) is 8.17. The molecule has 0 N–H and O–H groups in total. The number of nitrogens with zero attached hydrogens (tertiary/aromatic N) is 1. The number of benzene rings is 2. The first kappa shape index (κ1) is 18.7. The molecule has 3 rings (SSSR count). The van der Waals surface area contributed by atoms with Gasteiger partial charge in [-0.05, 0) is 48.7 Å². The molecule has 0 unspecified atom stereocenters. The zero-order valence-electron chi connectivity index (χ0n) is 14.1. The van der Waals surface area contributed by atoms with Crippen molar-refractivity contribution < 1.29 is 21.6 Å². The fourth-order valence-electron chi connectivity index (χ4n) is 2.89. The third kappa shape index (κ3) is 3.83. The molecule has 26 heavy (non-hydrogen) atoms. The van der Waals surface area contributed by atoms with Crippen LogP contribution in [0.4, 0.5) is 13.2 Å². The van der Waals surface area contributed by atoms with Gasteiger partial charge in [0.05, 0.1) is 10.5 Å². The lowest BCUT2D eigenvalue weighted by molar-refractivity contribution is -0.137. The SMILES string of the molecule is Cc1ccc(S(=O)(=O)N2CC=C(c3cccc(C(F)(F)F)c3)CC2)cc1. The van der Waals surface area contributed by atoms with Crippen LogP contribution in [0.1, 0.15) is 23.1 Å². The van der Waals surface area contributed by atoms with Gasteiger partial charge in [-0.3, -0.25) is 0 Å². The van der Waals surface area contributed by atoms with Gasteiger partial charge in [-0.15, -0.1) is 0 Å². The first-order chi connectivity index (χ1) is 12.2. The minimum Gasteiger partial charge on any atom is -0.207 e. The zero-order valence-corrected chi connectivity index (χ0v) is 14.9. The van der Waals surface area contributed by atoms with E-state index in [0.717, 1.165) is 23.3 Å². The summed E-state index contributed by atoms with van der Waals surface area (Å²) in [5, 5.41) is 0. The lowest BCUT2D eigenvalue weighted by Gasteiger charge is -2.26. The quantitative estimate of drug-likeness (QED) is 0.786. The van der Waals surface area contributed by atoms with Crippen molar-refractivity contribution in [2.45, 2.75) is 24.4 Å². The van der Waals surface area contributed by atoms with Crippen molar-refractivity contribution >= 4 is 15.6 Å². The standard InChI is InChI=1S/C19H18F3NO2S/c1-14-5-7-18(8-6-14)26(24,25)23-11-9-15(10-12-23)16-3-2-4-17(13-16)19(20,21)22/h2-9,13H,10-12H2,1H3. The first-order valence-electron chi connectivity index (χ1n) is 8.11. The van der Waals surface area contributed by atoms with Gasteiger partial charge in [0.1, 0.15) is 0 Å². The molecule has 0 fully saturated rings. The maximum atomic E-state index is 12.9. The summed E-state index contributed by atoms with van der Waals surface area (Å²) in [6, 6.07) is 11.7. The highest BCUT2D eigenvalue weighted by atomic mass is 32.2. The van der Waals surface area contributed by atoms with Gasteiger partial charge in [0.2, 0.25) is 10.0 Å². The van der Waals surface area contributed by atoms with E-state index in [1.807, 2.05) is 6.92 Å². The van der Waals surface area contributed by atoms with Crippen molar-refractivity contribution in [3.8, 4) is 0 Å². The molecule has 3 nitrogen and oxygen atoms in total. The third-order valence-electron chi connectivity index (χ3n) is 4.39. The molecule has 0 saturated carbocycles. The van der Waals surface area contributed by atoms with E-state index in [1.54, 1.807) is 36.4 Å². The third-order valence-corrected chi connectivity index (χ3v) is 6.27. The average Bonchev–Trinajstić information content (AvgIpc) is 2.62. The predicted molar refractivity (Wildman–Crippen MR) is 94.0 cm³/mol. The van der Waals surface area contributed by atoms with Gasteiger partial charge in [-0.1, -0.05) is 35.9 Å². The van der Waals surface area contributed by atoms with Crippen LogP contribution < -0.4 is 0 Å². The minimum atomic E-state index is -4.40. The predicted octanol–water partition coefficient (Wildman–Crippen LogP) is 4.49. The molecule has 0 aromatic heterocycles. The fraction of sp³-hybridized carbons (Fsp3) is 0.263. The lowest BCUT2D eigenvalue weighted by Crippen LogP contribution is -2.34. The van der Waals surface area contributed by atoms with Crippen LogP contribution >= 0.6 is 0 Å². The summed E-state index contributed by atoms with van der Waals surface area (Å²) in [5.41, 5.74) is 1.47. The van der Waals surface area contributed by atoms with Gasteiger partial charge < -0.3 is 0 Å². The Morgan fingerprint density at radius 2 is 1.73 bits per heavy atom. The molecule has 0 bridgehead atoms. The van der Waals surface area contributed by atoms with Crippen molar-refractivity contribution in [2.24, 2.45) is 0 Å². The Hall–Kier alpha value is -2.12. The van der Waals surface area contributed by atoms with Crippen molar-refractivity contribution in [1.29, 1.82) is 0 Å². The number of halogens is 3. The number of hydrogen-bond donors (Lipinski definition) is 0. The number of rotatable bonds is 3. The molecule has 138 valence electrons. The first-order valence-corrected chi connectivity index (χ1v) is 9.55. The summed E-state index contributed by atoms with van der Waals surface area (Å²) >= 11 is 0. The van der Waals surface area contributed by atoms with Crippen LogP contribution in [0.25, 0.3) is 5.57 Å². The summed E-state index contributed by atoms with van der Waals surface area (Å²) in [5.74, 6) is 0. The maximum absolute atomic E-state index is 12.9. The molecule has 0 spiro atoms. The fourth-order valence-corrected chi connectivity index (χ4v) is 4.27. The Balaban J connectivity index is 1.81. The topological polar surface area (TPSA) is 37.4 Å². The van der Waals surface area contributed by atoms with E-state index in [2.05, 4.69) is 0 Å². The highest BCUT2D eigenvalue weighted by molar-refractivity contribution is 7.89. The molecule has 2 aromatic carbocycles. The molecule has 0 aliphatic carbocycles. The molecule has 1 heterocycles. The summed E-state index contributed by atoms with van der Waals surface area (Å²) in [6.07, 6.45) is -2.34. The van der Waals surface area contributed by atoms with E-state index in [9.17, 15) is 21.6 Å². The Labute approximate surface area is 150 Å². The van der Waals surface area contributed by atoms with Crippen LogP contribution in [-0.4, -0.2) is 25.8 Å². The number of sulfonamides is 1.